The lowest BCUT2D eigenvalue weighted by Gasteiger charge is -2.18. The number of hydrogen-bond acceptors (Lipinski definition) is 5. The average Bonchev–Trinajstić information content (AvgIpc) is 2.96. The van der Waals surface area contributed by atoms with Crippen LogP contribution in [-0.2, 0) is 13.0 Å². The maximum absolute atomic E-state index is 9.17. The van der Waals surface area contributed by atoms with Crippen LogP contribution < -0.4 is 0 Å². The zero-order chi connectivity index (χ0) is 15.6. The Morgan fingerprint density at radius 3 is 2.68 bits per heavy atom. The topological polar surface area (TPSA) is 62.4 Å². The summed E-state index contributed by atoms with van der Waals surface area (Å²) < 4.78 is 5.32. The van der Waals surface area contributed by atoms with Crippen molar-refractivity contribution < 1.29 is 9.63 Å². The van der Waals surface area contributed by atoms with E-state index in [1.807, 2.05) is 30.3 Å². The van der Waals surface area contributed by atoms with E-state index in [9.17, 15) is 0 Å². The van der Waals surface area contributed by atoms with Crippen LogP contribution >= 0.6 is 0 Å². The summed E-state index contributed by atoms with van der Waals surface area (Å²) in [5.74, 6) is 1.33. The minimum absolute atomic E-state index is 0.154. The lowest BCUT2D eigenvalue weighted by atomic mass is 10.1. The number of benzene rings is 1. The van der Waals surface area contributed by atoms with Crippen LogP contribution in [0.1, 0.15) is 43.5 Å². The third-order valence-electron chi connectivity index (χ3n) is 3.57. The molecule has 0 aliphatic rings. The molecule has 1 aromatic carbocycles. The standard InChI is InChI=1S/C17H25N3O2/c1-2-3-7-10-20(11-12-21)14-16-18-17(22-19-16)13-15-8-5-4-6-9-15/h4-6,8-9,21H,2-3,7,10-14H2,1H3. The molecule has 0 aliphatic heterocycles. The lowest BCUT2D eigenvalue weighted by Crippen LogP contribution is -2.28. The fourth-order valence-electron chi connectivity index (χ4n) is 2.39. The highest BCUT2D eigenvalue weighted by Crippen LogP contribution is 2.09. The van der Waals surface area contributed by atoms with E-state index in [0.29, 0.717) is 31.2 Å². The van der Waals surface area contributed by atoms with Gasteiger partial charge in [-0.05, 0) is 18.5 Å². The highest BCUT2D eigenvalue weighted by Gasteiger charge is 2.11. The molecule has 0 spiro atoms. The predicted octanol–water partition coefficient (Wildman–Crippen LogP) is 2.64. The highest BCUT2D eigenvalue weighted by molar-refractivity contribution is 5.17. The first-order valence-electron chi connectivity index (χ1n) is 8.00. The molecule has 120 valence electrons. The molecule has 1 aromatic heterocycles. The van der Waals surface area contributed by atoms with E-state index in [1.54, 1.807) is 0 Å². The second kappa shape index (κ2) is 9.33. The van der Waals surface area contributed by atoms with Gasteiger partial charge in [0.2, 0.25) is 5.89 Å². The van der Waals surface area contributed by atoms with Crippen LogP contribution in [0.25, 0.3) is 0 Å². The van der Waals surface area contributed by atoms with Crippen molar-refractivity contribution in [2.45, 2.75) is 39.2 Å². The third kappa shape index (κ3) is 5.58. The van der Waals surface area contributed by atoms with E-state index in [4.69, 9.17) is 9.63 Å². The number of aliphatic hydroxyl groups excluding tert-OH is 1. The first-order chi connectivity index (χ1) is 10.8. The van der Waals surface area contributed by atoms with Gasteiger partial charge in [-0.15, -0.1) is 0 Å². The normalized spacial score (nSPS) is 11.2. The molecule has 2 aromatic rings. The van der Waals surface area contributed by atoms with Gasteiger partial charge in [0.05, 0.1) is 19.6 Å². The summed E-state index contributed by atoms with van der Waals surface area (Å²) in [7, 11) is 0. The van der Waals surface area contributed by atoms with Crippen molar-refractivity contribution in [1.82, 2.24) is 15.0 Å². The fraction of sp³-hybridized carbons (Fsp3) is 0.529. The van der Waals surface area contributed by atoms with Crippen molar-refractivity contribution >= 4 is 0 Å². The molecule has 5 heteroatoms. The third-order valence-corrected chi connectivity index (χ3v) is 3.57. The smallest absolute Gasteiger partial charge is 0.231 e. The van der Waals surface area contributed by atoms with Crippen molar-refractivity contribution in [2.75, 3.05) is 19.7 Å². The SMILES string of the molecule is CCCCCN(CCO)Cc1noc(Cc2ccccc2)n1. The summed E-state index contributed by atoms with van der Waals surface area (Å²) in [5, 5.41) is 13.2. The van der Waals surface area contributed by atoms with Crippen molar-refractivity contribution in [2.24, 2.45) is 0 Å². The van der Waals surface area contributed by atoms with E-state index >= 15 is 0 Å². The molecule has 1 heterocycles. The van der Waals surface area contributed by atoms with Crippen LogP contribution in [0.4, 0.5) is 0 Å². The zero-order valence-electron chi connectivity index (χ0n) is 13.2. The molecule has 1 N–H and O–H groups in total. The van der Waals surface area contributed by atoms with E-state index in [0.717, 1.165) is 18.5 Å². The Balaban J connectivity index is 1.88. The molecule has 0 atom stereocenters. The van der Waals surface area contributed by atoms with E-state index in [-0.39, 0.29) is 6.61 Å². The largest absolute Gasteiger partial charge is 0.395 e. The molecule has 0 aliphatic carbocycles. The van der Waals surface area contributed by atoms with Crippen molar-refractivity contribution in [1.29, 1.82) is 0 Å². The van der Waals surface area contributed by atoms with E-state index in [1.165, 1.54) is 12.8 Å². The summed E-state index contributed by atoms with van der Waals surface area (Å²) in [6, 6.07) is 10.1. The molecule has 5 nitrogen and oxygen atoms in total. The van der Waals surface area contributed by atoms with Crippen LogP contribution in [0, 0.1) is 0 Å². The van der Waals surface area contributed by atoms with Gasteiger partial charge in [-0.3, -0.25) is 4.90 Å². The molecule has 0 unspecified atom stereocenters. The molecule has 2 rings (SSSR count). The average molecular weight is 303 g/mol. The van der Waals surface area contributed by atoms with Crippen molar-refractivity contribution in [3.05, 3.63) is 47.6 Å². The highest BCUT2D eigenvalue weighted by atomic mass is 16.5. The number of nitrogens with zero attached hydrogens (tertiary/aromatic N) is 3. The number of hydrogen-bond donors (Lipinski definition) is 1. The van der Waals surface area contributed by atoms with Gasteiger partial charge in [0.15, 0.2) is 5.82 Å². The van der Waals surface area contributed by atoms with Crippen LogP contribution in [0.2, 0.25) is 0 Å². The maximum atomic E-state index is 9.17. The number of unbranched alkanes of at least 4 members (excludes halogenated alkanes) is 2. The van der Waals surface area contributed by atoms with Crippen LogP contribution in [0.5, 0.6) is 0 Å². The molecular weight excluding hydrogens is 278 g/mol. The molecular formula is C17H25N3O2. The Morgan fingerprint density at radius 1 is 1.14 bits per heavy atom. The zero-order valence-corrected chi connectivity index (χ0v) is 13.2. The molecule has 0 bridgehead atoms. The fourth-order valence-corrected chi connectivity index (χ4v) is 2.39. The Morgan fingerprint density at radius 2 is 1.95 bits per heavy atom. The first kappa shape index (κ1) is 16.6. The van der Waals surface area contributed by atoms with Gasteiger partial charge in [-0.25, -0.2) is 0 Å². The van der Waals surface area contributed by atoms with E-state index < -0.39 is 0 Å². The first-order valence-corrected chi connectivity index (χ1v) is 8.00. The second-order valence-corrected chi connectivity index (χ2v) is 5.47. The Labute approximate surface area is 132 Å². The molecule has 0 radical (unpaired) electrons. The number of rotatable bonds is 10. The van der Waals surface area contributed by atoms with Crippen LogP contribution in [0.3, 0.4) is 0 Å². The van der Waals surface area contributed by atoms with Gasteiger partial charge in [0, 0.05) is 6.54 Å². The van der Waals surface area contributed by atoms with Crippen molar-refractivity contribution in [3.63, 3.8) is 0 Å². The Bertz CT molecular complexity index is 528. The van der Waals surface area contributed by atoms with Gasteiger partial charge >= 0.3 is 0 Å². The summed E-state index contributed by atoms with van der Waals surface area (Å²) in [6.45, 7) is 4.57. The second-order valence-electron chi connectivity index (χ2n) is 5.47. The van der Waals surface area contributed by atoms with Gasteiger partial charge in [0.1, 0.15) is 0 Å². The Kier molecular flexibility index (Phi) is 7.06. The minimum Gasteiger partial charge on any atom is -0.395 e. The summed E-state index contributed by atoms with van der Waals surface area (Å²) >= 11 is 0. The summed E-state index contributed by atoms with van der Waals surface area (Å²) in [5.41, 5.74) is 1.16. The van der Waals surface area contributed by atoms with Crippen LogP contribution in [-0.4, -0.2) is 39.8 Å². The molecule has 22 heavy (non-hydrogen) atoms. The van der Waals surface area contributed by atoms with E-state index in [2.05, 4.69) is 22.0 Å². The molecule has 0 fully saturated rings. The molecule has 0 saturated carbocycles. The predicted molar refractivity (Wildman–Crippen MR) is 85.4 cm³/mol. The number of aromatic nitrogens is 2. The van der Waals surface area contributed by atoms with Gasteiger partial charge in [-0.2, -0.15) is 4.98 Å². The van der Waals surface area contributed by atoms with Crippen molar-refractivity contribution in [3.8, 4) is 0 Å². The summed E-state index contributed by atoms with van der Waals surface area (Å²) in [4.78, 5) is 6.63. The molecule has 0 amide bonds. The Hall–Kier alpha value is -1.72. The van der Waals surface area contributed by atoms with Gasteiger partial charge in [0.25, 0.3) is 0 Å². The molecule has 0 saturated heterocycles. The number of aliphatic hydroxyl groups is 1. The maximum Gasteiger partial charge on any atom is 0.231 e. The van der Waals surface area contributed by atoms with Gasteiger partial charge in [-0.1, -0.05) is 55.3 Å². The summed E-state index contributed by atoms with van der Waals surface area (Å²) in [6.07, 6.45) is 4.18. The van der Waals surface area contributed by atoms with Gasteiger partial charge < -0.3 is 9.63 Å². The monoisotopic (exact) mass is 303 g/mol. The lowest BCUT2D eigenvalue weighted by molar-refractivity contribution is 0.183. The van der Waals surface area contributed by atoms with Crippen LogP contribution in [0.15, 0.2) is 34.9 Å². The minimum atomic E-state index is 0.154. The quantitative estimate of drug-likeness (QED) is 0.684.